The Labute approximate surface area is 468 Å². The molecular weight excluding hydrogens is 923 g/mol. The van der Waals surface area contributed by atoms with E-state index in [0.29, 0.717) is 25.9 Å². The number of esters is 1. The topological polar surface area (TPSA) is 95.9 Å². The maximum absolute atomic E-state index is 12.5. The van der Waals surface area contributed by atoms with Gasteiger partial charge in [-0.3, -0.25) is 9.59 Å². The minimum atomic E-state index is -0.671. The van der Waals surface area contributed by atoms with Crippen molar-refractivity contribution in [2.75, 3.05) is 13.2 Å². The second-order valence-corrected chi connectivity index (χ2v) is 23.1. The van der Waals surface area contributed by atoms with Gasteiger partial charge in [0.1, 0.15) is 0 Å². The molecule has 0 spiro atoms. The van der Waals surface area contributed by atoms with Gasteiger partial charge in [-0.1, -0.05) is 314 Å². The van der Waals surface area contributed by atoms with Crippen molar-refractivity contribution < 1.29 is 24.5 Å². The van der Waals surface area contributed by atoms with E-state index in [4.69, 9.17) is 4.74 Å². The van der Waals surface area contributed by atoms with E-state index in [0.717, 1.165) is 51.4 Å². The Kier molecular flexibility index (Phi) is 63.0. The Morgan fingerprint density at radius 1 is 0.373 bits per heavy atom. The van der Waals surface area contributed by atoms with Gasteiger partial charge in [-0.25, -0.2) is 0 Å². The predicted octanol–water partition coefficient (Wildman–Crippen LogP) is 21.5. The number of carbonyl (C=O) groups excluding carboxylic acids is 2. The molecule has 0 heterocycles. The molecule has 6 nitrogen and oxygen atoms in total. The van der Waals surface area contributed by atoms with E-state index < -0.39 is 12.1 Å². The fraction of sp³-hybridized carbons (Fsp3) is 0.884. The zero-order chi connectivity index (χ0) is 54.3. The smallest absolute Gasteiger partial charge is 0.305 e. The number of unbranched alkanes of at least 4 members (excludes halogenated alkanes) is 46. The molecule has 442 valence electrons. The van der Waals surface area contributed by atoms with Gasteiger partial charge in [-0.15, -0.1) is 0 Å². The highest BCUT2D eigenvalue weighted by atomic mass is 16.5. The minimum absolute atomic E-state index is 0.00664. The molecule has 2 unspecified atom stereocenters. The molecule has 0 aromatic rings. The quantitative estimate of drug-likeness (QED) is 0.0320. The fourth-order valence-corrected chi connectivity index (χ4v) is 10.5. The fourth-order valence-electron chi connectivity index (χ4n) is 10.5. The summed E-state index contributed by atoms with van der Waals surface area (Å²) in [5, 5.41) is 23.4. The van der Waals surface area contributed by atoms with Crippen molar-refractivity contribution in [3.63, 3.8) is 0 Å². The SMILES string of the molecule is CCC/C=C\C/C=C\CCCCCCCC(=O)OCCCCCCCCCCCC/C=C\CCCCCCCCCC(=O)NC(CO)C(O)CCCCCCCCCCCCCCCCCCCCCCCCCC. The van der Waals surface area contributed by atoms with Gasteiger partial charge in [0.25, 0.3) is 0 Å². The molecule has 0 saturated heterocycles. The summed E-state index contributed by atoms with van der Waals surface area (Å²) in [6.07, 6.45) is 81.7. The second-order valence-electron chi connectivity index (χ2n) is 23.1. The predicted molar refractivity (Wildman–Crippen MR) is 329 cm³/mol. The summed E-state index contributed by atoms with van der Waals surface area (Å²) in [5.41, 5.74) is 0. The highest BCUT2D eigenvalue weighted by Gasteiger charge is 2.20. The van der Waals surface area contributed by atoms with E-state index in [1.165, 1.54) is 283 Å². The molecule has 75 heavy (non-hydrogen) atoms. The number of carbonyl (C=O) groups is 2. The third kappa shape index (κ3) is 61.2. The lowest BCUT2D eigenvalue weighted by Gasteiger charge is -2.22. The summed E-state index contributed by atoms with van der Waals surface area (Å²) in [4.78, 5) is 24.6. The first-order chi connectivity index (χ1) is 37.0. The van der Waals surface area contributed by atoms with E-state index in [-0.39, 0.29) is 18.5 Å². The molecule has 0 aromatic carbocycles. The van der Waals surface area contributed by atoms with Crippen molar-refractivity contribution in [2.24, 2.45) is 0 Å². The molecule has 0 aliphatic carbocycles. The zero-order valence-corrected chi connectivity index (χ0v) is 50.5. The molecule has 2 atom stereocenters. The lowest BCUT2D eigenvalue weighted by molar-refractivity contribution is -0.143. The van der Waals surface area contributed by atoms with Crippen molar-refractivity contribution in [2.45, 2.75) is 379 Å². The van der Waals surface area contributed by atoms with Crippen LogP contribution in [0.1, 0.15) is 367 Å². The first-order valence-electron chi connectivity index (χ1n) is 33.7. The maximum atomic E-state index is 12.5. The van der Waals surface area contributed by atoms with Crippen LogP contribution in [-0.4, -0.2) is 47.4 Å². The van der Waals surface area contributed by atoms with Gasteiger partial charge >= 0.3 is 5.97 Å². The number of allylic oxidation sites excluding steroid dienone is 6. The van der Waals surface area contributed by atoms with Gasteiger partial charge in [-0.2, -0.15) is 0 Å². The first kappa shape index (κ1) is 73.1. The van der Waals surface area contributed by atoms with Crippen molar-refractivity contribution in [3.05, 3.63) is 36.5 Å². The minimum Gasteiger partial charge on any atom is -0.466 e. The van der Waals surface area contributed by atoms with Crippen molar-refractivity contribution in [1.82, 2.24) is 5.32 Å². The molecule has 0 fully saturated rings. The third-order valence-corrected chi connectivity index (χ3v) is 15.6. The normalized spacial score (nSPS) is 12.7. The molecule has 0 bridgehead atoms. The van der Waals surface area contributed by atoms with E-state index >= 15 is 0 Å². The monoisotopic (exact) mass is 1050 g/mol. The number of hydrogen-bond donors (Lipinski definition) is 3. The van der Waals surface area contributed by atoms with Gasteiger partial charge in [0.2, 0.25) is 5.91 Å². The molecule has 1 amide bonds. The van der Waals surface area contributed by atoms with E-state index in [1.54, 1.807) is 0 Å². The number of nitrogens with one attached hydrogen (secondary N) is 1. The van der Waals surface area contributed by atoms with E-state index in [1.807, 2.05) is 0 Å². The molecule has 0 saturated carbocycles. The standard InChI is InChI=1S/C69H131NO5/c1-3-5-7-9-11-13-15-17-18-19-20-21-22-23-25-28-31-34-38-41-45-49-53-57-61-67(72)66(65-71)70-68(73)62-58-54-50-46-42-39-35-32-29-26-24-27-30-33-36-40-44-48-52-56-60-64-75-69(74)63-59-55-51-47-43-37-16-14-12-10-8-6-4-2/h8,10,14,16,26,29,66-67,71-72H,3-7,9,11-13,15,17-25,27-28,30-65H2,1-2H3,(H,70,73)/b10-8-,16-14-,29-26-. The van der Waals surface area contributed by atoms with Crippen LogP contribution >= 0.6 is 0 Å². The number of aliphatic hydroxyl groups is 2. The summed E-state index contributed by atoms with van der Waals surface area (Å²) in [7, 11) is 0. The molecule has 0 aromatic heterocycles. The highest BCUT2D eigenvalue weighted by molar-refractivity contribution is 5.76. The van der Waals surface area contributed by atoms with Crippen molar-refractivity contribution in [3.8, 4) is 0 Å². The van der Waals surface area contributed by atoms with Crippen molar-refractivity contribution in [1.29, 1.82) is 0 Å². The molecule has 3 N–H and O–H groups in total. The number of rotatable bonds is 63. The van der Waals surface area contributed by atoms with Crippen LogP contribution in [0.25, 0.3) is 0 Å². The lowest BCUT2D eigenvalue weighted by Crippen LogP contribution is -2.45. The molecule has 0 radical (unpaired) electrons. The Balaban J connectivity index is 3.43. The highest BCUT2D eigenvalue weighted by Crippen LogP contribution is 2.18. The largest absolute Gasteiger partial charge is 0.466 e. The summed E-state index contributed by atoms with van der Waals surface area (Å²) in [6, 6.07) is -0.549. The van der Waals surface area contributed by atoms with Crippen LogP contribution in [0.4, 0.5) is 0 Å². The van der Waals surface area contributed by atoms with Crippen LogP contribution in [-0.2, 0) is 14.3 Å². The molecule has 6 heteroatoms. The average molecular weight is 1050 g/mol. The van der Waals surface area contributed by atoms with Crippen LogP contribution in [0, 0.1) is 0 Å². The van der Waals surface area contributed by atoms with Gasteiger partial charge in [-0.05, 0) is 77.0 Å². The number of aliphatic hydroxyl groups excluding tert-OH is 2. The van der Waals surface area contributed by atoms with Gasteiger partial charge in [0.05, 0.1) is 25.4 Å². The molecule has 0 rings (SSSR count). The summed E-state index contributed by atoms with van der Waals surface area (Å²) in [6.45, 7) is 4.90. The summed E-state index contributed by atoms with van der Waals surface area (Å²) >= 11 is 0. The van der Waals surface area contributed by atoms with Crippen molar-refractivity contribution >= 4 is 11.9 Å². The first-order valence-corrected chi connectivity index (χ1v) is 33.7. The van der Waals surface area contributed by atoms with E-state index in [2.05, 4.69) is 55.6 Å². The van der Waals surface area contributed by atoms with Crippen LogP contribution in [0.15, 0.2) is 36.5 Å². The van der Waals surface area contributed by atoms with Gasteiger partial charge in [0, 0.05) is 12.8 Å². The van der Waals surface area contributed by atoms with E-state index in [9.17, 15) is 19.8 Å². The second kappa shape index (κ2) is 64.6. The average Bonchev–Trinajstić information content (AvgIpc) is 3.41. The Morgan fingerprint density at radius 2 is 0.693 bits per heavy atom. The zero-order valence-electron chi connectivity index (χ0n) is 50.5. The number of hydrogen-bond acceptors (Lipinski definition) is 5. The summed E-state index contributed by atoms with van der Waals surface area (Å²) < 4.78 is 5.47. The maximum Gasteiger partial charge on any atom is 0.305 e. The van der Waals surface area contributed by atoms with Gasteiger partial charge in [0.15, 0.2) is 0 Å². The number of ether oxygens (including phenoxy) is 1. The molecular formula is C69H131NO5. The Bertz CT molecular complexity index is 1210. The van der Waals surface area contributed by atoms with Crippen LogP contribution < -0.4 is 5.32 Å². The third-order valence-electron chi connectivity index (χ3n) is 15.6. The molecule has 0 aliphatic heterocycles. The Hall–Kier alpha value is -1.92. The number of amides is 1. The van der Waals surface area contributed by atoms with Crippen LogP contribution in [0.3, 0.4) is 0 Å². The summed E-state index contributed by atoms with van der Waals surface area (Å²) in [5.74, 6) is -0.0459. The van der Waals surface area contributed by atoms with Gasteiger partial charge < -0.3 is 20.3 Å². The van der Waals surface area contributed by atoms with Crippen LogP contribution in [0.2, 0.25) is 0 Å². The molecule has 0 aliphatic rings. The van der Waals surface area contributed by atoms with Crippen LogP contribution in [0.5, 0.6) is 0 Å². The Morgan fingerprint density at radius 3 is 1.08 bits per heavy atom. The lowest BCUT2D eigenvalue weighted by atomic mass is 10.0.